The third-order valence-electron chi connectivity index (χ3n) is 1.91. The van der Waals surface area contributed by atoms with Gasteiger partial charge < -0.3 is 16.0 Å². The molecule has 0 saturated heterocycles. The maximum Gasteiger partial charge on any atom is 0.238 e. The van der Waals surface area contributed by atoms with E-state index in [4.69, 9.17) is 18.0 Å². The average Bonchev–Trinajstić information content (AvgIpc) is 2.16. The zero-order valence-corrected chi connectivity index (χ0v) is 10.2. The van der Waals surface area contributed by atoms with Crippen LogP contribution in [0.5, 0.6) is 0 Å². The first-order chi connectivity index (χ1) is 7.49. The van der Waals surface area contributed by atoms with E-state index in [0.29, 0.717) is 11.5 Å². The Morgan fingerprint density at radius 2 is 1.94 bits per heavy atom. The van der Waals surface area contributed by atoms with Gasteiger partial charge in [0.1, 0.15) is 4.99 Å². The number of amides is 1. The van der Waals surface area contributed by atoms with Crippen LogP contribution in [0.3, 0.4) is 0 Å². The molecule has 0 aliphatic heterocycles. The van der Waals surface area contributed by atoms with Gasteiger partial charge in [-0.3, -0.25) is 4.79 Å². The molecule has 0 heterocycles. The van der Waals surface area contributed by atoms with Crippen molar-refractivity contribution in [2.24, 2.45) is 5.73 Å². The molecule has 0 radical (unpaired) electrons. The molecule has 86 valence electrons. The summed E-state index contributed by atoms with van der Waals surface area (Å²) in [7, 11) is 3.69. The molecule has 1 rings (SSSR count). The van der Waals surface area contributed by atoms with Crippen LogP contribution in [0.4, 0.5) is 5.69 Å². The van der Waals surface area contributed by atoms with Gasteiger partial charge in [-0.2, -0.15) is 0 Å². The number of carbonyl (C=O) groups is 1. The number of hydrogen-bond acceptors (Lipinski definition) is 3. The van der Waals surface area contributed by atoms with E-state index >= 15 is 0 Å². The van der Waals surface area contributed by atoms with Crippen molar-refractivity contribution >= 4 is 28.8 Å². The van der Waals surface area contributed by atoms with Gasteiger partial charge in [0.2, 0.25) is 5.91 Å². The first-order valence-electron chi connectivity index (χ1n) is 4.83. The van der Waals surface area contributed by atoms with Crippen LogP contribution in [0, 0.1) is 0 Å². The van der Waals surface area contributed by atoms with Crippen LogP contribution in [0.2, 0.25) is 0 Å². The number of carbonyl (C=O) groups excluding carboxylic acids is 1. The molecule has 16 heavy (non-hydrogen) atoms. The van der Waals surface area contributed by atoms with Gasteiger partial charge >= 0.3 is 0 Å². The number of anilines is 1. The Bertz CT molecular complexity index is 387. The van der Waals surface area contributed by atoms with Crippen LogP contribution >= 0.6 is 12.2 Å². The number of benzene rings is 1. The lowest BCUT2D eigenvalue weighted by atomic mass is 10.2. The summed E-state index contributed by atoms with van der Waals surface area (Å²) in [5, 5.41) is 2.77. The Balaban J connectivity index is 2.62. The van der Waals surface area contributed by atoms with Crippen molar-refractivity contribution in [1.29, 1.82) is 0 Å². The van der Waals surface area contributed by atoms with E-state index < -0.39 is 0 Å². The number of thiocarbonyl (C=S) groups is 1. The van der Waals surface area contributed by atoms with Gasteiger partial charge in [-0.25, -0.2) is 0 Å². The molecule has 0 unspecified atom stereocenters. The number of nitrogens with zero attached hydrogens (tertiary/aromatic N) is 1. The highest BCUT2D eigenvalue weighted by Gasteiger charge is 2.03. The molecule has 0 bridgehead atoms. The lowest BCUT2D eigenvalue weighted by Crippen LogP contribution is -2.27. The van der Waals surface area contributed by atoms with E-state index in [1.54, 1.807) is 29.2 Å². The van der Waals surface area contributed by atoms with Crippen LogP contribution in [0.15, 0.2) is 24.3 Å². The Hall–Kier alpha value is -1.46. The summed E-state index contributed by atoms with van der Waals surface area (Å²) in [4.78, 5) is 13.6. The van der Waals surface area contributed by atoms with Crippen molar-refractivity contribution < 1.29 is 4.79 Å². The van der Waals surface area contributed by atoms with E-state index in [2.05, 4.69) is 5.32 Å². The Labute approximate surface area is 100 Å². The SMILES string of the molecule is CN(C)CC(=O)Nc1ccc(C(N)=S)cc1. The van der Waals surface area contributed by atoms with Crippen LogP contribution in [-0.2, 0) is 4.79 Å². The minimum atomic E-state index is -0.0481. The first kappa shape index (κ1) is 12.6. The van der Waals surface area contributed by atoms with E-state index in [-0.39, 0.29) is 5.91 Å². The third kappa shape index (κ3) is 3.96. The molecule has 1 aromatic carbocycles. The van der Waals surface area contributed by atoms with Crippen molar-refractivity contribution in [2.45, 2.75) is 0 Å². The fourth-order valence-corrected chi connectivity index (χ4v) is 1.34. The topological polar surface area (TPSA) is 58.4 Å². The zero-order valence-electron chi connectivity index (χ0n) is 9.36. The maximum atomic E-state index is 11.4. The molecular formula is C11H15N3OS. The summed E-state index contributed by atoms with van der Waals surface area (Å²) in [6.07, 6.45) is 0. The highest BCUT2D eigenvalue weighted by Crippen LogP contribution is 2.09. The van der Waals surface area contributed by atoms with E-state index in [1.807, 2.05) is 14.1 Å². The second-order valence-electron chi connectivity index (χ2n) is 3.73. The minimum absolute atomic E-state index is 0.0481. The number of nitrogens with one attached hydrogen (secondary N) is 1. The summed E-state index contributed by atoms with van der Waals surface area (Å²) >= 11 is 4.83. The zero-order chi connectivity index (χ0) is 12.1. The van der Waals surface area contributed by atoms with E-state index in [9.17, 15) is 4.79 Å². The fraction of sp³-hybridized carbons (Fsp3) is 0.273. The summed E-state index contributed by atoms with van der Waals surface area (Å²) in [5.74, 6) is -0.0481. The standard InChI is InChI=1S/C11H15N3OS/c1-14(2)7-10(15)13-9-5-3-8(4-6-9)11(12)16/h3-6H,7H2,1-2H3,(H2,12,16)(H,13,15). The van der Waals surface area contributed by atoms with Crippen LogP contribution < -0.4 is 11.1 Å². The number of rotatable bonds is 4. The second-order valence-corrected chi connectivity index (χ2v) is 4.17. The molecule has 0 aliphatic carbocycles. The van der Waals surface area contributed by atoms with Crippen molar-refractivity contribution in [3.8, 4) is 0 Å². The number of nitrogens with two attached hydrogens (primary N) is 1. The quantitative estimate of drug-likeness (QED) is 0.761. The molecule has 4 nitrogen and oxygen atoms in total. The molecule has 0 atom stereocenters. The average molecular weight is 237 g/mol. The Kier molecular flexibility index (Phi) is 4.39. The van der Waals surface area contributed by atoms with E-state index in [1.165, 1.54) is 0 Å². The van der Waals surface area contributed by atoms with Crippen molar-refractivity contribution in [2.75, 3.05) is 26.0 Å². The summed E-state index contributed by atoms with van der Waals surface area (Å²) in [5.41, 5.74) is 7.00. The van der Waals surface area contributed by atoms with Crippen LogP contribution in [0.1, 0.15) is 5.56 Å². The molecule has 1 aromatic rings. The van der Waals surface area contributed by atoms with Crippen LogP contribution in [-0.4, -0.2) is 36.4 Å². The van der Waals surface area contributed by atoms with Crippen molar-refractivity contribution in [3.05, 3.63) is 29.8 Å². The molecule has 0 aliphatic rings. The molecule has 0 spiro atoms. The molecule has 0 saturated carbocycles. The first-order valence-corrected chi connectivity index (χ1v) is 5.24. The van der Waals surface area contributed by atoms with Crippen molar-refractivity contribution in [3.63, 3.8) is 0 Å². The highest BCUT2D eigenvalue weighted by molar-refractivity contribution is 7.80. The highest BCUT2D eigenvalue weighted by atomic mass is 32.1. The van der Waals surface area contributed by atoms with Gasteiger partial charge in [-0.15, -0.1) is 0 Å². The van der Waals surface area contributed by atoms with Gasteiger partial charge in [0.05, 0.1) is 6.54 Å². The smallest absolute Gasteiger partial charge is 0.238 e. The fourth-order valence-electron chi connectivity index (χ4n) is 1.21. The molecule has 5 heteroatoms. The number of hydrogen-bond donors (Lipinski definition) is 2. The molecular weight excluding hydrogens is 222 g/mol. The summed E-state index contributed by atoms with van der Waals surface area (Å²) in [6, 6.07) is 7.13. The third-order valence-corrected chi connectivity index (χ3v) is 2.15. The van der Waals surface area contributed by atoms with Gasteiger partial charge in [0.15, 0.2) is 0 Å². The van der Waals surface area contributed by atoms with Gasteiger partial charge in [0.25, 0.3) is 0 Å². The molecule has 0 fully saturated rings. The maximum absolute atomic E-state index is 11.4. The predicted molar refractivity (Wildman–Crippen MR) is 69.5 cm³/mol. The van der Waals surface area contributed by atoms with Crippen molar-refractivity contribution in [1.82, 2.24) is 4.90 Å². The Morgan fingerprint density at radius 1 is 1.38 bits per heavy atom. The lowest BCUT2D eigenvalue weighted by Gasteiger charge is -2.10. The monoisotopic (exact) mass is 237 g/mol. The normalized spacial score (nSPS) is 10.2. The largest absolute Gasteiger partial charge is 0.389 e. The summed E-state index contributed by atoms with van der Waals surface area (Å²) in [6.45, 7) is 0.358. The predicted octanol–water partition coefficient (Wildman–Crippen LogP) is 0.821. The molecule has 0 aromatic heterocycles. The summed E-state index contributed by atoms with van der Waals surface area (Å²) < 4.78 is 0. The van der Waals surface area contributed by atoms with Gasteiger partial charge in [-0.05, 0) is 38.4 Å². The lowest BCUT2D eigenvalue weighted by molar-refractivity contribution is -0.116. The van der Waals surface area contributed by atoms with Gasteiger partial charge in [-0.1, -0.05) is 12.2 Å². The Morgan fingerprint density at radius 3 is 2.38 bits per heavy atom. The van der Waals surface area contributed by atoms with E-state index in [0.717, 1.165) is 11.3 Å². The number of likely N-dealkylation sites (N-methyl/N-ethyl adjacent to an activating group) is 1. The minimum Gasteiger partial charge on any atom is -0.389 e. The van der Waals surface area contributed by atoms with Gasteiger partial charge in [0, 0.05) is 11.3 Å². The van der Waals surface area contributed by atoms with Crippen LogP contribution in [0.25, 0.3) is 0 Å². The second kappa shape index (κ2) is 5.58. The molecule has 1 amide bonds. The molecule has 3 N–H and O–H groups in total.